The summed E-state index contributed by atoms with van der Waals surface area (Å²) in [6.45, 7) is 4.12. The Hall–Kier alpha value is -2.09. The quantitative estimate of drug-likeness (QED) is 0.836. The standard InChI is InChI=1S/C18H20ClN3O3S/c1-13-12-20-10-11-22(13)18(23)14-6-8-15(9-7-14)26(24,25)21-17-5-3-2-4-16(17)19/h2-9,13,20-21H,10-12H2,1H3/t13-/m1/s1. The predicted octanol–water partition coefficient (Wildman–Crippen LogP) is 2.57. The Bertz CT molecular complexity index is 900. The second-order valence-corrected chi connectivity index (χ2v) is 8.25. The molecule has 1 atom stereocenters. The average molecular weight is 394 g/mol. The highest BCUT2D eigenvalue weighted by Crippen LogP contribution is 2.24. The molecular formula is C18H20ClN3O3S. The van der Waals surface area contributed by atoms with Gasteiger partial charge in [0.05, 0.1) is 15.6 Å². The molecule has 0 aliphatic carbocycles. The first-order valence-corrected chi connectivity index (χ1v) is 10.1. The highest BCUT2D eigenvalue weighted by Gasteiger charge is 2.24. The fourth-order valence-electron chi connectivity index (χ4n) is 2.83. The molecule has 2 aromatic carbocycles. The number of halogens is 1. The molecule has 1 fully saturated rings. The van der Waals surface area contributed by atoms with E-state index in [0.717, 1.165) is 13.1 Å². The Balaban J connectivity index is 1.78. The van der Waals surface area contributed by atoms with Crippen molar-refractivity contribution in [3.05, 3.63) is 59.1 Å². The lowest BCUT2D eigenvalue weighted by atomic mass is 10.1. The number of hydrogen-bond donors (Lipinski definition) is 2. The molecule has 1 heterocycles. The molecule has 0 spiro atoms. The van der Waals surface area contributed by atoms with Gasteiger partial charge in [-0.05, 0) is 43.3 Å². The lowest BCUT2D eigenvalue weighted by Gasteiger charge is -2.34. The second kappa shape index (κ2) is 7.65. The molecule has 26 heavy (non-hydrogen) atoms. The first kappa shape index (κ1) is 18.7. The molecule has 138 valence electrons. The molecule has 0 bridgehead atoms. The lowest BCUT2D eigenvalue weighted by Crippen LogP contribution is -2.52. The van der Waals surface area contributed by atoms with Gasteiger partial charge in [0.25, 0.3) is 15.9 Å². The highest BCUT2D eigenvalue weighted by atomic mass is 35.5. The van der Waals surface area contributed by atoms with Crippen molar-refractivity contribution in [2.45, 2.75) is 17.9 Å². The minimum atomic E-state index is -3.78. The molecule has 2 N–H and O–H groups in total. The maximum Gasteiger partial charge on any atom is 0.261 e. The number of para-hydroxylation sites is 1. The number of nitrogens with zero attached hydrogens (tertiary/aromatic N) is 1. The van der Waals surface area contributed by atoms with Gasteiger partial charge in [0.2, 0.25) is 0 Å². The number of carbonyl (C=O) groups excluding carboxylic acids is 1. The van der Waals surface area contributed by atoms with Gasteiger partial charge in [-0.15, -0.1) is 0 Å². The van der Waals surface area contributed by atoms with Crippen LogP contribution in [-0.2, 0) is 10.0 Å². The Morgan fingerprint density at radius 1 is 1.19 bits per heavy atom. The number of rotatable bonds is 4. The van der Waals surface area contributed by atoms with Gasteiger partial charge in [0, 0.05) is 31.2 Å². The third kappa shape index (κ3) is 4.00. The van der Waals surface area contributed by atoms with Crippen LogP contribution in [0, 0.1) is 0 Å². The number of nitrogens with one attached hydrogen (secondary N) is 2. The summed E-state index contributed by atoms with van der Waals surface area (Å²) in [5.41, 5.74) is 0.777. The number of anilines is 1. The minimum absolute atomic E-state index is 0.0716. The van der Waals surface area contributed by atoms with Crippen molar-refractivity contribution in [3.63, 3.8) is 0 Å². The van der Waals surface area contributed by atoms with Crippen LogP contribution in [0.3, 0.4) is 0 Å². The molecule has 1 amide bonds. The monoisotopic (exact) mass is 393 g/mol. The molecule has 0 saturated carbocycles. The van der Waals surface area contributed by atoms with E-state index in [4.69, 9.17) is 11.6 Å². The number of amides is 1. The molecular weight excluding hydrogens is 374 g/mol. The van der Waals surface area contributed by atoms with Gasteiger partial charge in [-0.1, -0.05) is 23.7 Å². The van der Waals surface area contributed by atoms with Gasteiger partial charge in [0.15, 0.2) is 0 Å². The predicted molar refractivity (Wildman–Crippen MR) is 102 cm³/mol. The summed E-state index contributed by atoms with van der Waals surface area (Å²) in [5, 5.41) is 3.55. The van der Waals surface area contributed by atoms with E-state index in [1.807, 2.05) is 6.92 Å². The Morgan fingerprint density at radius 3 is 2.54 bits per heavy atom. The SMILES string of the molecule is C[C@@H]1CNCCN1C(=O)c1ccc(S(=O)(=O)Nc2ccccc2Cl)cc1. The van der Waals surface area contributed by atoms with E-state index in [-0.39, 0.29) is 16.8 Å². The van der Waals surface area contributed by atoms with Gasteiger partial charge >= 0.3 is 0 Å². The average Bonchev–Trinajstić information content (AvgIpc) is 2.63. The number of piperazine rings is 1. The first-order valence-electron chi connectivity index (χ1n) is 8.27. The minimum Gasteiger partial charge on any atom is -0.333 e. The zero-order chi connectivity index (χ0) is 18.7. The molecule has 6 nitrogen and oxygen atoms in total. The van der Waals surface area contributed by atoms with Gasteiger partial charge in [-0.25, -0.2) is 8.42 Å². The summed E-state index contributed by atoms with van der Waals surface area (Å²) in [6, 6.07) is 12.6. The summed E-state index contributed by atoms with van der Waals surface area (Å²) < 4.78 is 27.5. The summed E-state index contributed by atoms with van der Waals surface area (Å²) in [6.07, 6.45) is 0. The van der Waals surface area contributed by atoms with Crippen LogP contribution in [0.2, 0.25) is 5.02 Å². The molecule has 1 aliphatic heterocycles. The van der Waals surface area contributed by atoms with Gasteiger partial charge in [-0.2, -0.15) is 0 Å². The van der Waals surface area contributed by atoms with E-state index in [0.29, 0.717) is 22.8 Å². The summed E-state index contributed by atoms with van der Waals surface area (Å²) in [7, 11) is -3.78. The van der Waals surface area contributed by atoms with Crippen molar-refractivity contribution in [1.82, 2.24) is 10.2 Å². The lowest BCUT2D eigenvalue weighted by molar-refractivity contribution is 0.0655. The van der Waals surface area contributed by atoms with E-state index in [2.05, 4.69) is 10.0 Å². The number of carbonyl (C=O) groups is 1. The second-order valence-electron chi connectivity index (χ2n) is 6.16. The molecule has 2 aromatic rings. The van der Waals surface area contributed by atoms with Crippen LogP contribution in [0.15, 0.2) is 53.4 Å². The summed E-state index contributed by atoms with van der Waals surface area (Å²) in [4.78, 5) is 14.5. The van der Waals surface area contributed by atoms with E-state index < -0.39 is 10.0 Å². The summed E-state index contributed by atoms with van der Waals surface area (Å²) in [5.74, 6) is -0.0954. The molecule has 1 saturated heterocycles. The topological polar surface area (TPSA) is 78.5 Å². The van der Waals surface area contributed by atoms with Crippen molar-refractivity contribution in [2.75, 3.05) is 24.4 Å². The molecule has 8 heteroatoms. The van der Waals surface area contributed by atoms with E-state index in [9.17, 15) is 13.2 Å². The number of sulfonamides is 1. The van der Waals surface area contributed by atoms with E-state index in [1.54, 1.807) is 29.2 Å². The van der Waals surface area contributed by atoms with Crippen LogP contribution in [-0.4, -0.2) is 44.9 Å². The van der Waals surface area contributed by atoms with E-state index >= 15 is 0 Å². The molecule has 0 radical (unpaired) electrons. The Morgan fingerprint density at radius 2 is 1.88 bits per heavy atom. The van der Waals surface area contributed by atoms with Crippen LogP contribution in [0.4, 0.5) is 5.69 Å². The van der Waals surface area contributed by atoms with Crippen LogP contribution >= 0.6 is 11.6 Å². The Kier molecular flexibility index (Phi) is 5.50. The third-order valence-corrected chi connectivity index (χ3v) is 6.00. The Labute approximate surface area is 158 Å². The van der Waals surface area contributed by atoms with Gasteiger partial charge < -0.3 is 10.2 Å². The zero-order valence-corrected chi connectivity index (χ0v) is 15.8. The van der Waals surface area contributed by atoms with Crippen LogP contribution < -0.4 is 10.0 Å². The molecule has 1 aliphatic rings. The highest BCUT2D eigenvalue weighted by molar-refractivity contribution is 7.92. The van der Waals surface area contributed by atoms with Gasteiger partial charge in [0.1, 0.15) is 0 Å². The number of benzene rings is 2. The largest absolute Gasteiger partial charge is 0.333 e. The van der Waals surface area contributed by atoms with Crippen LogP contribution in [0.5, 0.6) is 0 Å². The van der Waals surface area contributed by atoms with Crippen LogP contribution in [0.1, 0.15) is 17.3 Å². The van der Waals surface area contributed by atoms with E-state index in [1.165, 1.54) is 24.3 Å². The molecule has 0 aromatic heterocycles. The third-order valence-electron chi connectivity index (χ3n) is 4.29. The molecule has 0 unspecified atom stereocenters. The molecule has 3 rings (SSSR count). The van der Waals surface area contributed by atoms with Crippen molar-refractivity contribution in [2.24, 2.45) is 0 Å². The first-order chi connectivity index (χ1) is 12.4. The normalized spacial score (nSPS) is 17.8. The summed E-state index contributed by atoms with van der Waals surface area (Å²) >= 11 is 6.00. The van der Waals surface area contributed by atoms with Crippen molar-refractivity contribution in [1.29, 1.82) is 0 Å². The smallest absolute Gasteiger partial charge is 0.261 e. The maximum absolute atomic E-state index is 12.6. The van der Waals surface area contributed by atoms with Crippen molar-refractivity contribution in [3.8, 4) is 0 Å². The zero-order valence-electron chi connectivity index (χ0n) is 14.3. The maximum atomic E-state index is 12.6. The number of hydrogen-bond acceptors (Lipinski definition) is 4. The van der Waals surface area contributed by atoms with Crippen LogP contribution in [0.25, 0.3) is 0 Å². The van der Waals surface area contributed by atoms with Crippen molar-refractivity contribution >= 4 is 33.2 Å². The fourth-order valence-corrected chi connectivity index (χ4v) is 4.15. The fraction of sp³-hybridized carbons (Fsp3) is 0.278. The van der Waals surface area contributed by atoms with Crippen molar-refractivity contribution < 1.29 is 13.2 Å². The van der Waals surface area contributed by atoms with Gasteiger partial charge in [-0.3, -0.25) is 9.52 Å².